The van der Waals surface area contributed by atoms with Gasteiger partial charge in [0, 0.05) is 23.7 Å². The van der Waals surface area contributed by atoms with Crippen LogP contribution in [0, 0.1) is 5.92 Å². The molecule has 0 radical (unpaired) electrons. The van der Waals surface area contributed by atoms with E-state index in [1.54, 1.807) is 46.0 Å². The maximum absolute atomic E-state index is 13.4. The molecule has 28 heavy (non-hydrogen) atoms. The molecule has 1 fully saturated rings. The molecule has 2 aliphatic heterocycles. The Labute approximate surface area is 172 Å². The third kappa shape index (κ3) is 3.95. The van der Waals surface area contributed by atoms with E-state index in [2.05, 4.69) is 4.99 Å². The van der Waals surface area contributed by atoms with Crippen LogP contribution in [0.5, 0.6) is 0 Å². The number of carbonyl (C=O) groups is 2. The molecule has 0 bridgehead atoms. The number of nitrogens with zero attached hydrogens (tertiary/aromatic N) is 3. The van der Waals surface area contributed by atoms with Crippen molar-refractivity contribution in [2.75, 3.05) is 17.2 Å². The zero-order valence-electron chi connectivity index (χ0n) is 15.4. The molecular formula is C20H20ClN3O3S. The van der Waals surface area contributed by atoms with Gasteiger partial charge in [-0.15, -0.1) is 0 Å². The Kier molecular flexibility index (Phi) is 5.46. The molecule has 1 saturated heterocycles. The molecule has 0 saturated carbocycles. The summed E-state index contributed by atoms with van der Waals surface area (Å²) in [5.41, 5.74) is 0.715. The van der Waals surface area contributed by atoms with Crippen LogP contribution in [-0.2, 0) is 16.1 Å². The number of rotatable bonds is 4. The van der Waals surface area contributed by atoms with Crippen LogP contribution in [0.4, 0.5) is 5.69 Å². The van der Waals surface area contributed by atoms with Gasteiger partial charge in [-0.05, 0) is 43.3 Å². The van der Waals surface area contributed by atoms with E-state index in [9.17, 15) is 9.59 Å². The molecule has 6 nitrogen and oxygen atoms in total. The molecule has 2 aliphatic rings. The summed E-state index contributed by atoms with van der Waals surface area (Å²) < 4.78 is 5.34. The lowest BCUT2D eigenvalue weighted by atomic mass is 10.1. The number of halogens is 1. The molecule has 2 aromatic rings. The number of aliphatic imine (C=N–C) groups is 1. The Bertz CT molecular complexity index is 898. The second-order valence-electron chi connectivity index (χ2n) is 6.98. The molecule has 0 aliphatic carbocycles. The average molecular weight is 418 g/mol. The summed E-state index contributed by atoms with van der Waals surface area (Å²) in [5.74, 6) is 0.969. The van der Waals surface area contributed by atoms with Crippen LogP contribution in [-0.4, -0.2) is 40.2 Å². The van der Waals surface area contributed by atoms with Crippen LogP contribution in [0.1, 0.15) is 19.1 Å². The van der Waals surface area contributed by atoms with Gasteiger partial charge in [-0.2, -0.15) is 0 Å². The summed E-state index contributed by atoms with van der Waals surface area (Å²) in [4.78, 5) is 33.8. The fourth-order valence-corrected chi connectivity index (χ4v) is 4.54. The van der Waals surface area contributed by atoms with E-state index in [1.807, 2.05) is 25.1 Å². The molecule has 0 spiro atoms. The van der Waals surface area contributed by atoms with Crippen molar-refractivity contribution in [1.29, 1.82) is 0 Å². The summed E-state index contributed by atoms with van der Waals surface area (Å²) in [6.07, 6.45) is 1.77. The highest BCUT2D eigenvalue weighted by Gasteiger charge is 2.39. The third-order valence-corrected chi connectivity index (χ3v) is 6.22. The van der Waals surface area contributed by atoms with Gasteiger partial charge in [0.05, 0.1) is 30.5 Å². The van der Waals surface area contributed by atoms with Crippen LogP contribution in [0.3, 0.4) is 0 Å². The first kappa shape index (κ1) is 19.1. The van der Waals surface area contributed by atoms with Gasteiger partial charge in [0.1, 0.15) is 5.76 Å². The summed E-state index contributed by atoms with van der Waals surface area (Å²) in [5, 5.41) is 1.28. The number of thioether (sulfide) groups is 1. The number of carbonyl (C=O) groups excluding carboxylic acids is 2. The molecule has 0 unspecified atom stereocenters. The fourth-order valence-electron chi connectivity index (χ4n) is 3.37. The van der Waals surface area contributed by atoms with E-state index in [1.165, 1.54) is 0 Å². The second-order valence-corrected chi connectivity index (χ2v) is 8.40. The van der Waals surface area contributed by atoms with Crippen LogP contribution in [0.25, 0.3) is 0 Å². The number of likely N-dealkylation sites (tertiary alicyclic amines) is 1. The van der Waals surface area contributed by atoms with Crippen molar-refractivity contribution in [3.63, 3.8) is 0 Å². The van der Waals surface area contributed by atoms with E-state index in [0.29, 0.717) is 34.7 Å². The van der Waals surface area contributed by atoms with Gasteiger partial charge in [0.15, 0.2) is 5.17 Å². The molecular weight excluding hydrogens is 398 g/mol. The van der Waals surface area contributed by atoms with Gasteiger partial charge in [0.25, 0.3) is 0 Å². The van der Waals surface area contributed by atoms with Crippen molar-refractivity contribution < 1.29 is 14.0 Å². The smallest absolute Gasteiger partial charge is 0.238 e. The normalized spacial score (nSPS) is 21.9. The molecule has 0 N–H and O–H groups in total. The standard InChI is InChI=1S/C20H20ClN3O3S/c1-13-12-28-20(22-13)24(16-6-4-15(21)5-7-16)19(26)14-9-18(25)23(10-14)11-17-3-2-8-27-17/h2-8,13-14H,9-12H2,1H3/t13-,14+/m1/s1. The lowest BCUT2D eigenvalue weighted by molar-refractivity contribution is -0.129. The van der Waals surface area contributed by atoms with Crippen molar-refractivity contribution in [2.24, 2.45) is 10.9 Å². The molecule has 2 amide bonds. The van der Waals surface area contributed by atoms with Gasteiger partial charge in [0.2, 0.25) is 11.8 Å². The number of anilines is 1. The van der Waals surface area contributed by atoms with E-state index < -0.39 is 5.92 Å². The van der Waals surface area contributed by atoms with Gasteiger partial charge in [-0.25, -0.2) is 0 Å². The second kappa shape index (κ2) is 8.01. The molecule has 1 aromatic heterocycles. The average Bonchev–Trinajstić information content (AvgIpc) is 3.41. The molecule has 1 aromatic carbocycles. The number of amidine groups is 1. The van der Waals surface area contributed by atoms with Crippen molar-refractivity contribution in [3.05, 3.63) is 53.4 Å². The predicted molar refractivity (Wildman–Crippen MR) is 111 cm³/mol. The summed E-state index contributed by atoms with van der Waals surface area (Å²) >= 11 is 7.57. The lowest BCUT2D eigenvalue weighted by Crippen LogP contribution is -2.40. The van der Waals surface area contributed by atoms with Crippen molar-refractivity contribution in [2.45, 2.75) is 25.9 Å². The van der Waals surface area contributed by atoms with Crippen LogP contribution in [0.2, 0.25) is 5.02 Å². The highest BCUT2D eigenvalue weighted by atomic mass is 35.5. The zero-order valence-corrected chi connectivity index (χ0v) is 16.9. The maximum Gasteiger partial charge on any atom is 0.238 e. The number of amides is 2. The predicted octanol–water partition coefficient (Wildman–Crippen LogP) is 3.81. The summed E-state index contributed by atoms with van der Waals surface area (Å²) in [7, 11) is 0. The molecule has 3 heterocycles. The number of furan rings is 1. The van der Waals surface area contributed by atoms with E-state index in [0.717, 1.165) is 5.75 Å². The Hall–Kier alpha value is -2.25. The quantitative estimate of drug-likeness (QED) is 0.758. The highest BCUT2D eigenvalue weighted by molar-refractivity contribution is 8.14. The van der Waals surface area contributed by atoms with Gasteiger partial charge >= 0.3 is 0 Å². The van der Waals surface area contributed by atoms with Crippen molar-refractivity contribution in [3.8, 4) is 0 Å². The Balaban J connectivity index is 1.56. The Morgan fingerprint density at radius 2 is 2.14 bits per heavy atom. The monoisotopic (exact) mass is 417 g/mol. The topological polar surface area (TPSA) is 66.1 Å². The summed E-state index contributed by atoms with van der Waals surface area (Å²) in [6, 6.07) is 10.9. The Morgan fingerprint density at radius 3 is 2.79 bits per heavy atom. The van der Waals surface area contributed by atoms with Crippen LogP contribution >= 0.6 is 23.4 Å². The Morgan fingerprint density at radius 1 is 1.36 bits per heavy atom. The largest absolute Gasteiger partial charge is 0.467 e. The SMILES string of the molecule is C[C@@H]1CSC(N(C(=O)[C@H]2CC(=O)N(Cc3ccco3)C2)c2ccc(Cl)cc2)=N1. The third-order valence-electron chi connectivity index (χ3n) is 4.77. The summed E-state index contributed by atoms with van der Waals surface area (Å²) in [6.45, 7) is 2.77. The maximum atomic E-state index is 13.4. The molecule has 2 atom stereocenters. The van der Waals surface area contributed by atoms with E-state index in [4.69, 9.17) is 16.0 Å². The van der Waals surface area contributed by atoms with Gasteiger partial charge in [-0.3, -0.25) is 19.5 Å². The van der Waals surface area contributed by atoms with Gasteiger partial charge in [-0.1, -0.05) is 23.4 Å². The van der Waals surface area contributed by atoms with Crippen molar-refractivity contribution >= 4 is 46.0 Å². The number of hydrogen-bond acceptors (Lipinski definition) is 5. The first-order valence-electron chi connectivity index (χ1n) is 9.11. The van der Waals surface area contributed by atoms with Crippen LogP contribution < -0.4 is 4.90 Å². The first-order chi connectivity index (χ1) is 13.5. The van der Waals surface area contributed by atoms with Crippen molar-refractivity contribution in [1.82, 2.24) is 4.90 Å². The minimum atomic E-state index is -0.419. The first-order valence-corrected chi connectivity index (χ1v) is 10.5. The molecule has 8 heteroatoms. The molecule has 4 rings (SSSR count). The minimum Gasteiger partial charge on any atom is -0.467 e. The lowest BCUT2D eigenvalue weighted by Gasteiger charge is -2.25. The minimum absolute atomic E-state index is 0.0415. The zero-order chi connectivity index (χ0) is 19.7. The highest BCUT2D eigenvalue weighted by Crippen LogP contribution is 2.31. The van der Waals surface area contributed by atoms with E-state index in [-0.39, 0.29) is 24.3 Å². The molecule has 146 valence electrons. The van der Waals surface area contributed by atoms with Crippen LogP contribution in [0.15, 0.2) is 52.1 Å². The number of benzene rings is 1. The van der Waals surface area contributed by atoms with E-state index >= 15 is 0 Å². The number of hydrogen-bond donors (Lipinski definition) is 0. The fraction of sp³-hybridized carbons (Fsp3) is 0.350. The van der Waals surface area contributed by atoms with Gasteiger partial charge < -0.3 is 9.32 Å².